The van der Waals surface area contributed by atoms with Crippen molar-refractivity contribution in [3.63, 3.8) is 0 Å². The topological polar surface area (TPSA) is 84.1 Å². The maximum Gasteiger partial charge on any atom is 0.220 e. The molecule has 3 N–H and O–H groups in total. The van der Waals surface area contributed by atoms with Crippen molar-refractivity contribution < 1.29 is 4.79 Å². The average molecular weight is 267 g/mol. The highest BCUT2D eigenvalue weighted by Crippen LogP contribution is 2.26. The second-order valence-corrected chi connectivity index (χ2v) is 5.87. The summed E-state index contributed by atoms with van der Waals surface area (Å²) in [4.78, 5) is 13.7. The molecular formula is C11H17N5OS. The van der Waals surface area contributed by atoms with Crippen molar-refractivity contribution >= 4 is 22.4 Å². The minimum Gasteiger partial charge on any atom is -0.388 e. The van der Waals surface area contributed by atoms with Crippen LogP contribution in [0.5, 0.6) is 0 Å². The van der Waals surface area contributed by atoms with Crippen LogP contribution in [0.25, 0.3) is 0 Å². The molecule has 2 saturated heterocycles. The van der Waals surface area contributed by atoms with E-state index >= 15 is 0 Å². The zero-order valence-corrected chi connectivity index (χ0v) is 10.9. The third kappa shape index (κ3) is 2.32. The summed E-state index contributed by atoms with van der Waals surface area (Å²) in [5, 5.41) is 7.87. The molecule has 98 valence electrons. The van der Waals surface area contributed by atoms with E-state index in [1.54, 1.807) is 0 Å². The number of hydrogen-bond acceptors (Lipinski definition) is 6. The van der Waals surface area contributed by atoms with Gasteiger partial charge in [-0.3, -0.25) is 9.69 Å². The first kappa shape index (κ1) is 11.9. The molecule has 18 heavy (non-hydrogen) atoms. The van der Waals surface area contributed by atoms with Gasteiger partial charge in [-0.05, 0) is 18.8 Å². The Balaban J connectivity index is 1.61. The fraction of sp³-hybridized carbons (Fsp3) is 0.727. The summed E-state index contributed by atoms with van der Waals surface area (Å²) >= 11 is 1.25. The van der Waals surface area contributed by atoms with Crippen LogP contribution in [0, 0.1) is 5.92 Å². The van der Waals surface area contributed by atoms with Gasteiger partial charge in [-0.2, -0.15) is 0 Å². The van der Waals surface area contributed by atoms with E-state index in [2.05, 4.69) is 19.8 Å². The van der Waals surface area contributed by atoms with E-state index in [1.807, 2.05) is 0 Å². The van der Waals surface area contributed by atoms with Gasteiger partial charge in [0.05, 0.1) is 0 Å². The van der Waals surface area contributed by atoms with Gasteiger partial charge in [0, 0.05) is 43.6 Å². The van der Waals surface area contributed by atoms with Gasteiger partial charge < -0.3 is 11.1 Å². The van der Waals surface area contributed by atoms with E-state index in [0.29, 0.717) is 23.4 Å². The lowest BCUT2D eigenvalue weighted by atomic mass is 9.85. The molecular weight excluding hydrogens is 250 g/mol. The van der Waals surface area contributed by atoms with Gasteiger partial charge in [-0.25, -0.2) is 0 Å². The molecule has 1 amide bonds. The lowest BCUT2D eigenvalue weighted by Crippen LogP contribution is -2.53. The first-order valence-corrected chi connectivity index (χ1v) is 7.08. The van der Waals surface area contributed by atoms with Crippen LogP contribution in [-0.4, -0.2) is 39.5 Å². The highest BCUT2D eigenvalue weighted by Gasteiger charge is 2.33. The molecule has 3 heterocycles. The second kappa shape index (κ2) is 4.81. The van der Waals surface area contributed by atoms with Crippen molar-refractivity contribution in [3.8, 4) is 0 Å². The van der Waals surface area contributed by atoms with Crippen molar-refractivity contribution in [2.75, 3.05) is 18.8 Å². The van der Waals surface area contributed by atoms with Crippen molar-refractivity contribution in [3.05, 3.63) is 5.69 Å². The summed E-state index contributed by atoms with van der Waals surface area (Å²) in [7, 11) is 0. The number of nitrogen functional groups attached to an aromatic ring is 1. The lowest BCUT2D eigenvalue weighted by molar-refractivity contribution is -0.125. The highest BCUT2D eigenvalue weighted by molar-refractivity contribution is 7.09. The number of carbonyl (C=O) groups is 1. The Bertz CT molecular complexity index is 448. The summed E-state index contributed by atoms with van der Waals surface area (Å²) in [6.07, 6.45) is 2.68. The van der Waals surface area contributed by atoms with Gasteiger partial charge >= 0.3 is 0 Å². The molecule has 0 bridgehead atoms. The van der Waals surface area contributed by atoms with Gasteiger partial charge in [0.1, 0.15) is 10.7 Å². The number of rotatable bonds is 2. The number of hydrogen-bond donors (Lipinski definition) is 2. The van der Waals surface area contributed by atoms with Gasteiger partial charge in [0.2, 0.25) is 5.91 Å². The van der Waals surface area contributed by atoms with Crippen LogP contribution in [0.4, 0.5) is 5.00 Å². The Labute approximate surface area is 110 Å². The lowest BCUT2D eigenvalue weighted by Gasteiger charge is -2.41. The molecule has 0 aromatic carbocycles. The third-order valence-corrected chi connectivity index (χ3v) is 4.46. The molecule has 2 fully saturated rings. The molecule has 0 saturated carbocycles. The summed E-state index contributed by atoms with van der Waals surface area (Å²) in [5.74, 6) is 0.780. The predicted octanol–water partition coefficient (Wildman–Crippen LogP) is 0.221. The fourth-order valence-corrected chi connectivity index (χ4v) is 3.30. The Morgan fingerprint density at radius 1 is 1.50 bits per heavy atom. The number of aromatic nitrogens is 2. The molecule has 2 aliphatic heterocycles. The Morgan fingerprint density at radius 2 is 2.39 bits per heavy atom. The van der Waals surface area contributed by atoms with Crippen LogP contribution >= 0.6 is 11.5 Å². The van der Waals surface area contributed by atoms with Gasteiger partial charge in [0.15, 0.2) is 0 Å². The van der Waals surface area contributed by atoms with Gasteiger partial charge in [-0.15, -0.1) is 5.10 Å². The quantitative estimate of drug-likeness (QED) is 0.801. The number of nitrogens with one attached hydrogen (secondary N) is 1. The average Bonchev–Trinajstić information content (AvgIpc) is 2.75. The summed E-state index contributed by atoms with van der Waals surface area (Å²) in [6.45, 7) is 2.78. The maximum atomic E-state index is 11.3. The Hall–Kier alpha value is -1.21. The highest BCUT2D eigenvalue weighted by atomic mass is 32.1. The zero-order valence-electron chi connectivity index (χ0n) is 10.1. The van der Waals surface area contributed by atoms with Crippen LogP contribution in [0.15, 0.2) is 0 Å². The van der Waals surface area contributed by atoms with E-state index in [4.69, 9.17) is 5.73 Å². The molecule has 0 spiro atoms. The number of anilines is 1. The molecule has 1 aromatic rings. The third-order valence-electron chi connectivity index (χ3n) is 3.87. The number of fused-ring (bicyclic) bond motifs is 1. The van der Waals surface area contributed by atoms with Gasteiger partial charge in [-0.1, -0.05) is 4.49 Å². The first-order chi connectivity index (χ1) is 8.72. The number of likely N-dealkylation sites (tertiary alicyclic amines) is 1. The molecule has 1 aromatic heterocycles. The van der Waals surface area contributed by atoms with Crippen LogP contribution < -0.4 is 11.1 Å². The van der Waals surface area contributed by atoms with Crippen LogP contribution in [0.3, 0.4) is 0 Å². The minimum absolute atomic E-state index is 0.206. The van der Waals surface area contributed by atoms with Crippen molar-refractivity contribution in [1.82, 2.24) is 19.8 Å². The van der Waals surface area contributed by atoms with Crippen LogP contribution in [-0.2, 0) is 11.3 Å². The molecule has 2 aliphatic rings. The number of nitrogens with zero attached hydrogens (tertiary/aromatic N) is 3. The molecule has 7 heteroatoms. The van der Waals surface area contributed by atoms with Crippen molar-refractivity contribution in [2.45, 2.75) is 31.8 Å². The normalized spacial score (nSPS) is 28.8. The maximum absolute atomic E-state index is 11.3. The minimum atomic E-state index is 0.206. The largest absolute Gasteiger partial charge is 0.388 e. The number of amides is 1. The molecule has 0 aliphatic carbocycles. The number of piperidine rings is 2. The van der Waals surface area contributed by atoms with Crippen LogP contribution in [0.2, 0.25) is 0 Å². The Morgan fingerprint density at radius 3 is 3.17 bits per heavy atom. The van der Waals surface area contributed by atoms with E-state index < -0.39 is 0 Å². The van der Waals surface area contributed by atoms with Gasteiger partial charge in [0.25, 0.3) is 0 Å². The molecule has 0 radical (unpaired) electrons. The number of nitrogens with two attached hydrogens (primary N) is 1. The summed E-state index contributed by atoms with van der Waals surface area (Å²) < 4.78 is 3.86. The zero-order chi connectivity index (χ0) is 12.5. The SMILES string of the molecule is Nc1snnc1CN1CCC2NC(=O)CCC2C1. The summed E-state index contributed by atoms with van der Waals surface area (Å²) in [6, 6.07) is 0.369. The summed E-state index contributed by atoms with van der Waals surface area (Å²) in [5.41, 5.74) is 6.70. The molecule has 3 rings (SSSR count). The molecule has 2 unspecified atom stereocenters. The smallest absolute Gasteiger partial charge is 0.220 e. The van der Waals surface area contributed by atoms with E-state index in [1.165, 1.54) is 11.5 Å². The van der Waals surface area contributed by atoms with Crippen LogP contribution in [0.1, 0.15) is 25.0 Å². The molecule has 6 nitrogen and oxygen atoms in total. The van der Waals surface area contributed by atoms with E-state index in [9.17, 15) is 4.79 Å². The predicted molar refractivity (Wildman–Crippen MR) is 68.9 cm³/mol. The fourth-order valence-electron chi connectivity index (χ4n) is 2.87. The standard InChI is InChI=1S/C11H17N5OS/c12-11-9(14-15-18-11)6-16-4-3-8-7(5-16)1-2-10(17)13-8/h7-8H,1-6,12H2,(H,13,17). The van der Waals surface area contributed by atoms with E-state index in [0.717, 1.165) is 38.2 Å². The molecule has 2 atom stereocenters. The van der Waals surface area contributed by atoms with Crippen molar-refractivity contribution in [2.24, 2.45) is 5.92 Å². The monoisotopic (exact) mass is 267 g/mol. The second-order valence-electron chi connectivity index (χ2n) is 5.08. The van der Waals surface area contributed by atoms with Crippen molar-refractivity contribution in [1.29, 1.82) is 0 Å². The van der Waals surface area contributed by atoms with E-state index in [-0.39, 0.29) is 5.91 Å². The number of carbonyl (C=O) groups excluding carboxylic acids is 1. The Kier molecular flexibility index (Phi) is 3.17. The first-order valence-electron chi connectivity index (χ1n) is 6.31.